The van der Waals surface area contributed by atoms with Crippen molar-refractivity contribution in [2.45, 2.75) is 0 Å². The Labute approximate surface area is 151 Å². The van der Waals surface area contributed by atoms with Crippen molar-refractivity contribution in [3.8, 4) is 11.5 Å². The van der Waals surface area contributed by atoms with Crippen LogP contribution < -0.4 is 4.74 Å². The second-order valence-electron chi connectivity index (χ2n) is 4.82. The second-order valence-corrected chi connectivity index (χ2v) is 6.65. The number of likely N-dealkylation sites (N-methyl/N-ethyl adjacent to an activating group) is 1. The van der Waals surface area contributed by atoms with E-state index in [-0.39, 0.29) is 11.6 Å². The van der Waals surface area contributed by atoms with Crippen LogP contribution in [-0.4, -0.2) is 37.3 Å². The summed E-state index contributed by atoms with van der Waals surface area (Å²) >= 11 is 6.33. The Bertz CT molecular complexity index is 639. The average Bonchev–Trinajstić information content (AvgIpc) is 2.47. The van der Waals surface area contributed by atoms with E-state index in [1.54, 1.807) is 12.1 Å². The summed E-state index contributed by atoms with van der Waals surface area (Å²) in [5, 5.41) is 8.70. The molecule has 0 heterocycles. The van der Waals surface area contributed by atoms with Gasteiger partial charge in [-0.2, -0.15) is 0 Å². The Balaban J connectivity index is 0.000000253. The van der Waals surface area contributed by atoms with Crippen molar-refractivity contribution in [1.82, 2.24) is 4.90 Å². The van der Waals surface area contributed by atoms with Gasteiger partial charge in [0.05, 0.1) is 0 Å². The quantitative estimate of drug-likeness (QED) is 0.721. The molecule has 0 aliphatic rings. The van der Waals surface area contributed by atoms with Crippen LogP contribution >= 0.6 is 31.9 Å². The minimum Gasteiger partial charge on any atom is -0.505 e. The maximum absolute atomic E-state index is 13.1. The number of phenolic OH excluding ortho intramolecular Hbond substituents is 1. The minimum absolute atomic E-state index is 0.293. The zero-order chi connectivity index (χ0) is 17.4. The lowest BCUT2D eigenvalue weighted by atomic mass is 10.3. The molecule has 0 fully saturated rings. The molecular weight excluding hydrogens is 436 g/mol. The number of aromatic hydroxyl groups is 1. The number of rotatable bonds is 4. The average molecular weight is 453 g/mol. The van der Waals surface area contributed by atoms with Crippen LogP contribution in [0.1, 0.15) is 0 Å². The number of hydrogen-bond donors (Lipinski definition) is 1. The molecule has 0 atom stereocenters. The van der Waals surface area contributed by atoms with Crippen molar-refractivity contribution >= 4 is 31.9 Å². The molecule has 3 nitrogen and oxygen atoms in total. The smallest absolute Gasteiger partial charge is 0.165 e. The molecule has 0 aliphatic carbocycles. The van der Waals surface area contributed by atoms with Gasteiger partial charge in [0.15, 0.2) is 23.1 Å². The fourth-order valence-electron chi connectivity index (χ4n) is 1.41. The predicted octanol–water partition coefficient (Wildman–Crippen LogP) is 4.82. The molecule has 2 aromatic carbocycles. The Morgan fingerprint density at radius 2 is 1.57 bits per heavy atom. The van der Waals surface area contributed by atoms with Crippen LogP contribution in [0.15, 0.2) is 45.3 Å². The summed E-state index contributed by atoms with van der Waals surface area (Å²) in [5.74, 6) is -0.962. The molecule has 0 aromatic heterocycles. The largest absolute Gasteiger partial charge is 0.505 e. The summed E-state index contributed by atoms with van der Waals surface area (Å²) in [6, 6.07) is 8.68. The fraction of sp³-hybridized carbons (Fsp3) is 0.250. The van der Waals surface area contributed by atoms with E-state index in [0.717, 1.165) is 11.0 Å². The molecule has 0 bridgehead atoms. The Kier molecular flexibility index (Phi) is 8.51. The van der Waals surface area contributed by atoms with E-state index in [9.17, 15) is 8.78 Å². The van der Waals surface area contributed by atoms with E-state index in [1.807, 2.05) is 19.0 Å². The van der Waals surface area contributed by atoms with Gasteiger partial charge < -0.3 is 14.7 Å². The Hall–Kier alpha value is -1.18. The summed E-state index contributed by atoms with van der Waals surface area (Å²) in [6.45, 7) is 1.26. The molecule has 1 N–H and O–H groups in total. The molecule has 0 spiro atoms. The maximum Gasteiger partial charge on any atom is 0.165 e. The van der Waals surface area contributed by atoms with Crippen molar-refractivity contribution in [2.75, 3.05) is 27.2 Å². The Morgan fingerprint density at radius 3 is 2.09 bits per heavy atom. The molecule has 0 radical (unpaired) electrons. The molecule has 2 aromatic rings. The summed E-state index contributed by atoms with van der Waals surface area (Å²) < 4.78 is 32.1. The van der Waals surface area contributed by atoms with E-state index in [0.29, 0.717) is 16.8 Å². The van der Waals surface area contributed by atoms with Gasteiger partial charge in [-0.3, -0.25) is 0 Å². The van der Waals surface area contributed by atoms with E-state index in [1.165, 1.54) is 24.3 Å². The van der Waals surface area contributed by atoms with Crippen molar-refractivity contribution in [1.29, 1.82) is 0 Å². The van der Waals surface area contributed by atoms with Crippen molar-refractivity contribution in [2.24, 2.45) is 0 Å². The molecule has 23 heavy (non-hydrogen) atoms. The van der Waals surface area contributed by atoms with E-state index in [2.05, 4.69) is 31.9 Å². The monoisotopic (exact) mass is 451 g/mol. The van der Waals surface area contributed by atoms with Crippen LogP contribution in [0, 0.1) is 11.6 Å². The van der Waals surface area contributed by atoms with Gasteiger partial charge in [0.25, 0.3) is 0 Å². The highest BCUT2D eigenvalue weighted by Crippen LogP contribution is 2.22. The maximum atomic E-state index is 13.1. The molecule has 7 heteroatoms. The highest BCUT2D eigenvalue weighted by Gasteiger charge is 2.03. The minimum atomic E-state index is -0.599. The number of phenols is 1. The summed E-state index contributed by atoms with van der Waals surface area (Å²) in [5.41, 5.74) is 0. The van der Waals surface area contributed by atoms with Gasteiger partial charge >= 0.3 is 0 Å². The fourth-order valence-corrected chi connectivity index (χ4v) is 2.10. The third-order valence-corrected chi connectivity index (χ3v) is 3.58. The van der Waals surface area contributed by atoms with Crippen LogP contribution in [-0.2, 0) is 0 Å². The van der Waals surface area contributed by atoms with Gasteiger partial charge in [0.1, 0.15) is 6.61 Å². The van der Waals surface area contributed by atoms with Gasteiger partial charge in [-0.05, 0) is 50.5 Å². The highest BCUT2D eigenvalue weighted by atomic mass is 79.9. The first-order chi connectivity index (χ1) is 10.8. The third-order valence-electron chi connectivity index (χ3n) is 2.60. The van der Waals surface area contributed by atoms with Crippen LogP contribution in [0.25, 0.3) is 0 Å². The lowest BCUT2D eigenvalue weighted by molar-refractivity contribution is 0.252. The number of ether oxygens (including phenoxy) is 1. The van der Waals surface area contributed by atoms with Gasteiger partial charge in [-0.15, -0.1) is 0 Å². The zero-order valence-corrected chi connectivity index (χ0v) is 15.9. The van der Waals surface area contributed by atoms with Gasteiger partial charge in [-0.25, -0.2) is 8.78 Å². The first-order valence-electron chi connectivity index (χ1n) is 6.66. The highest BCUT2D eigenvalue weighted by molar-refractivity contribution is 9.10. The van der Waals surface area contributed by atoms with E-state index in [4.69, 9.17) is 9.84 Å². The van der Waals surface area contributed by atoms with Crippen molar-refractivity contribution < 1.29 is 18.6 Å². The normalized spacial score (nSPS) is 10.2. The molecule has 0 saturated heterocycles. The first kappa shape index (κ1) is 19.9. The predicted molar refractivity (Wildman–Crippen MR) is 93.9 cm³/mol. The SMILES string of the molecule is CN(C)CCOc1cc(Br)ccc1F.Oc1cc(Br)ccc1F. The van der Waals surface area contributed by atoms with Gasteiger partial charge in [0.2, 0.25) is 0 Å². The number of halogens is 4. The van der Waals surface area contributed by atoms with Crippen LogP contribution in [0.3, 0.4) is 0 Å². The lowest BCUT2D eigenvalue weighted by Gasteiger charge is -2.11. The lowest BCUT2D eigenvalue weighted by Crippen LogP contribution is -2.19. The summed E-state index contributed by atoms with van der Waals surface area (Å²) in [4.78, 5) is 1.98. The molecule has 2 rings (SSSR count). The van der Waals surface area contributed by atoms with E-state index >= 15 is 0 Å². The molecular formula is C16H17Br2F2NO2. The number of benzene rings is 2. The number of hydrogen-bond acceptors (Lipinski definition) is 3. The van der Waals surface area contributed by atoms with Crippen molar-refractivity contribution in [3.63, 3.8) is 0 Å². The van der Waals surface area contributed by atoms with Crippen molar-refractivity contribution in [3.05, 3.63) is 57.0 Å². The van der Waals surface area contributed by atoms with Gasteiger partial charge in [0, 0.05) is 15.5 Å². The van der Waals surface area contributed by atoms with Crippen LogP contribution in [0.4, 0.5) is 8.78 Å². The number of nitrogens with zero attached hydrogens (tertiary/aromatic N) is 1. The van der Waals surface area contributed by atoms with Gasteiger partial charge in [-0.1, -0.05) is 31.9 Å². The molecule has 0 amide bonds. The molecule has 0 aliphatic heterocycles. The standard InChI is InChI=1S/C10H13BrFNO.C6H4BrFO/c1-13(2)5-6-14-10-7-8(11)3-4-9(10)12;7-4-1-2-5(8)6(9)3-4/h3-4,7H,5-6H2,1-2H3;1-3,9H. The summed E-state index contributed by atoms with van der Waals surface area (Å²) in [6.07, 6.45) is 0. The zero-order valence-electron chi connectivity index (χ0n) is 12.7. The van der Waals surface area contributed by atoms with Crippen LogP contribution in [0.2, 0.25) is 0 Å². The van der Waals surface area contributed by atoms with Crippen LogP contribution in [0.5, 0.6) is 11.5 Å². The topological polar surface area (TPSA) is 32.7 Å². The first-order valence-corrected chi connectivity index (χ1v) is 8.25. The van der Waals surface area contributed by atoms with E-state index < -0.39 is 5.82 Å². The molecule has 0 unspecified atom stereocenters. The Morgan fingerprint density at radius 1 is 1.00 bits per heavy atom. The molecule has 126 valence electrons. The third kappa shape index (κ3) is 7.76. The summed E-state index contributed by atoms with van der Waals surface area (Å²) in [7, 11) is 3.89. The second kappa shape index (κ2) is 9.85. The molecule has 0 saturated carbocycles.